The highest BCUT2D eigenvalue weighted by Gasteiger charge is 2.17. The SMILES string of the molecule is C=CC(Cl)C(O)OC(=O)NCc1ccccc1. The third kappa shape index (κ3) is 4.89. The maximum absolute atomic E-state index is 11.3. The maximum Gasteiger partial charge on any atom is 0.409 e. The zero-order chi connectivity index (χ0) is 12.7. The Balaban J connectivity index is 2.33. The predicted octanol–water partition coefficient (Wildman–Crippen LogP) is 2.02. The fourth-order valence-corrected chi connectivity index (χ4v) is 1.15. The van der Waals surface area contributed by atoms with Crippen LogP contribution in [-0.4, -0.2) is 22.9 Å². The summed E-state index contributed by atoms with van der Waals surface area (Å²) in [6.07, 6.45) is -0.838. The Morgan fingerprint density at radius 1 is 1.53 bits per heavy atom. The number of benzene rings is 1. The minimum atomic E-state index is -1.40. The summed E-state index contributed by atoms with van der Waals surface area (Å²) in [5.74, 6) is 0. The first-order valence-electron chi connectivity index (χ1n) is 5.06. The number of hydrogen-bond acceptors (Lipinski definition) is 3. The second kappa shape index (κ2) is 6.93. The van der Waals surface area contributed by atoms with Crippen molar-refractivity contribution in [2.45, 2.75) is 18.2 Å². The van der Waals surface area contributed by atoms with Gasteiger partial charge in [0.1, 0.15) is 5.38 Å². The van der Waals surface area contributed by atoms with Gasteiger partial charge in [0.25, 0.3) is 0 Å². The van der Waals surface area contributed by atoms with Crippen molar-refractivity contribution in [3.05, 3.63) is 48.6 Å². The van der Waals surface area contributed by atoms with E-state index in [1.165, 1.54) is 6.08 Å². The lowest BCUT2D eigenvalue weighted by Crippen LogP contribution is -2.32. The molecular weight excluding hydrogens is 242 g/mol. The Morgan fingerprint density at radius 2 is 2.18 bits per heavy atom. The number of carbonyl (C=O) groups excluding carboxylic acids is 1. The molecule has 0 aliphatic carbocycles. The van der Waals surface area contributed by atoms with Gasteiger partial charge in [0.2, 0.25) is 6.29 Å². The number of rotatable bonds is 5. The summed E-state index contributed by atoms with van der Waals surface area (Å²) < 4.78 is 4.63. The minimum Gasteiger partial charge on any atom is -0.418 e. The highest BCUT2D eigenvalue weighted by molar-refractivity contribution is 6.22. The van der Waals surface area contributed by atoms with Crippen molar-refractivity contribution in [1.29, 1.82) is 0 Å². The molecule has 0 aromatic heterocycles. The fraction of sp³-hybridized carbons (Fsp3) is 0.250. The number of amides is 1. The standard InChI is InChI=1S/C12H14ClNO3/c1-2-10(13)11(15)17-12(16)14-8-9-6-4-3-5-7-9/h2-7,10-11,15H,1,8H2,(H,14,16). The molecule has 1 aromatic rings. The van der Waals surface area contributed by atoms with Crippen LogP contribution in [0.3, 0.4) is 0 Å². The molecule has 0 aliphatic heterocycles. The van der Waals surface area contributed by atoms with Crippen LogP contribution in [0.4, 0.5) is 4.79 Å². The van der Waals surface area contributed by atoms with Crippen molar-refractivity contribution >= 4 is 17.7 Å². The summed E-state index contributed by atoms with van der Waals surface area (Å²) in [6, 6.07) is 9.34. The molecule has 2 N–H and O–H groups in total. The van der Waals surface area contributed by atoms with E-state index in [2.05, 4.69) is 16.6 Å². The van der Waals surface area contributed by atoms with Gasteiger partial charge in [-0.25, -0.2) is 4.79 Å². The normalized spacial score (nSPS) is 13.5. The molecule has 0 radical (unpaired) electrons. The molecule has 4 nitrogen and oxygen atoms in total. The van der Waals surface area contributed by atoms with E-state index in [0.29, 0.717) is 6.54 Å². The van der Waals surface area contributed by atoms with E-state index in [-0.39, 0.29) is 0 Å². The van der Waals surface area contributed by atoms with Crippen LogP contribution in [0.15, 0.2) is 43.0 Å². The zero-order valence-electron chi connectivity index (χ0n) is 9.17. The highest BCUT2D eigenvalue weighted by atomic mass is 35.5. The van der Waals surface area contributed by atoms with E-state index in [0.717, 1.165) is 5.56 Å². The summed E-state index contributed by atoms with van der Waals surface area (Å²) in [6.45, 7) is 3.71. The number of alkyl halides is 1. The smallest absolute Gasteiger partial charge is 0.409 e. The molecule has 0 saturated heterocycles. The van der Waals surface area contributed by atoms with Crippen molar-refractivity contribution in [3.63, 3.8) is 0 Å². The molecule has 17 heavy (non-hydrogen) atoms. The van der Waals surface area contributed by atoms with Crippen molar-refractivity contribution in [1.82, 2.24) is 5.32 Å². The van der Waals surface area contributed by atoms with E-state index in [4.69, 9.17) is 11.6 Å². The lowest BCUT2D eigenvalue weighted by molar-refractivity contribution is -0.0462. The Kier molecular flexibility index (Phi) is 5.52. The van der Waals surface area contributed by atoms with Gasteiger partial charge in [-0.3, -0.25) is 0 Å². The average molecular weight is 256 g/mol. The average Bonchev–Trinajstić information content (AvgIpc) is 2.36. The predicted molar refractivity (Wildman–Crippen MR) is 65.6 cm³/mol. The largest absolute Gasteiger partial charge is 0.418 e. The maximum atomic E-state index is 11.3. The number of halogens is 1. The van der Waals surface area contributed by atoms with Crippen LogP contribution in [0.1, 0.15) is 5.56 Å². The molecule has 92 valence electrons. The van der Waals surface area contributed by atoms with Crippen LogP contribution in [0, 0.1) is 0 Å². The Labute approximate surface area is 105 Å². The highest BCUT2D eigenvalue weighted by Crippen LogP contribution is 2.05. The first-order valence-corrected chi connectivity index (χ1v) is 5.50. The first kappa shape index (κ1) is 13.5. The molecule has 5 heteroatoms. The number of alkyl carbamates (subject to hydrolysis) is 1. The topological polar surface area (TPSA) is 58.6 Å². The lowest BCUT2D eigenvalue weighted by atomic mass is 10.2. The summed E-state index contributed by atoms with van der Waals surface area (Å²) in [5.41, 5.74) is 0.935. The zero-order valence-corrected chi connectivity index (χ0v) is 9.93. The van der Waals surface area contributed by atoms with Gasteiger partial charge in [0.15, 0.2) is 0 Å². The summed E-state index contributed by atoms with van der Waals surface area (Å²) in [7, 11) is 0. The van der Waals surface area contributed by atoms with E-state index in [1.54, 1.807) is 0 Å². The first-order chi connectivity index (χ1) is 8.13. The van der Waals surface area contributed by atoms with Crippen molar-refractivity contribution in [2.75, 3.05) is 0 Å². The van der Waals surface area contributed by atoms with Gasteiger partial charge < -0.3 is 15.2 Å². The molecular formula is C12H14ClNO3. The van der Waals surface area contributed by atoms with Gasteiger partial charge >= 0.3 is 6.09 Å². The van der Waals surface area contributed by atoms with E-state index >= 15 is 0 Å². The molecule has 0 fully saturated rings. The molecule has 2 unspecified atom stereocenters. The number of aliphatic hydroxyl groups excluding tert-OH is 1. The molecule has 0 aliphatic rings. The Bertz CT molecular complexity index is 369. The van der Waals surface area contributed by atoms with Crippen LogP contribution in [-0.2, 0) is 11.3 Å². The molecule has 0 bridgehead atoms. The van der Waals surface area contributed by atoms with Crippen LogP contribution < -0.4 is 5.32 Å². The number of nitrogens with one attached hydrogen (secondary N) is 1. The van der Waals surface area contributed by atoms with Gasteiger partial charge in [0, 0.05) is 6.54 Å². The van der Waals surface area contributed by atoms with Crippen molar-refractivity contribution in [2.24, 2.45) is 0 Å². The van der Waals surface area contributed by atoms with Gasteiger partial charge in [-0.2, -0.15) is 0 Å². The quantitative estimate of drug-likeness (QED) is 0.481. The number of carbonyl (C=O) groups is 1. The van der Waals surface area contributed by atoms with E-state index < -0.39 is 17.8 Å². The van der Waals surface area contributed by atoms with E-state index in [1.807, 2.05) is 30.3 Å². The molecule has 1 rings (SSSR count). The Hall–Kier alpha value is -1.52. The van der Waals surface area contributed by atoms with Crippen LogP contribution >= 0.6 is 11.6 Å². The number of hydrogen-bond donors (Lipinski definition) is 2. The number of ether oxygens (including phenoxy) is 1. The van der Waals surface area contributed by atoms with Crippen LogP contribution in [0.5, 0.6) is 0 Å². The third-order valence-electron chi connectivity index (χ3n) is 2.01. The Morgan fingerprint density at radius 3 is 2.76 bits per heavy atom. The fourth-order valence-electron chi connectivity index (χ4n) is 1.10. The van der Waals surface area contributed by atoms with Gasteiger partial charge in [0.05, 0.1) is 0 Å². The molecule has 0 saturated carbocycles. The van der Waals surface area contributed by atoms with Crippen LogP contribution in [0.25, 0.3) is 0 Å². The molecule has 1 amide bonds. The molecule has 2 atom stereocenters. The molecule has 0 spiro atoms. The second-order valence-corrected chi connectivity index (χ2v) is 3.82. The van der Waals surface area contributed by atoms with Gasteiger partial charge in [-0.05, 0) is 5.56 Å². The van der Waals surface area contributed by atoms with Gasteiger partial charge in [-0.1, -0.05) is 36.4 Å². The molecule has 1 aromatic carbocycles. The number of aliphatic hydroxyl groups is 1. The summed E-state index contributed by atoms with van der Waals surface area (Å²) in [4.78, 5) is 11.3. The lowest BCUT2D eigenvalue weighted by Gasteiger charge is -2.14. The van der Waals surface area contributed by atoms with Crippen molar-refractivity contribution in [3.8, 4) is 0 Å². The monoisotopic (exact) mass is 255 g/mol. The van der Waals surface area contributed by atoms with Crippen molar-refractivity contribution < 1.29 is 14.6 Å². The summed E-state index contributed by atoms with van der Waals surface area (Å²) in [5, 5.41) is 11.0. The second-order valence-electron chi connectivity index (χ2n) is 3.32. The molecule has 0 heterocycles. The van der Waals surface area contributed by atoms with Gasteiger partial charge in [-0.15, -0.1) is 18.2 Å². The van der Waals surface area contributed by atoms with Crippen LogP contribution in [0.2, 0.25) is 0 Å². The summed E-state index contributed by atoms with van der Waals surface area (Å²) >= 11 is 5.60. The third-order valence-corrected chi connectivity index (χ3v) is 2.40. The minimum absolute atomic E-state index is 0.327. The van der Waals surface area contributed by atoms with E-state index in [9.17, 15) is 9.90 Å².